The van der Waals surface area contributed by atoms with E-state index in [1.54, 1.807) is 17.0 Å². The molecule has 0 aliphatic carbocycles. The van der Waals surface area contributed by atoms with E-state index in [1.807, 2.05) is 21.9 Å². The molecule has 3 amide bonds. The maximum atomic E-state index is 13.0. The second-order valence-corrected chi connectivity index (χ2v) is 9.82. The molecule has 0 bridgehead atoms. The molecule has 3 heterocycles. The molecule has 33 heavy (non-hydrogen) atoms. The minimum Gasteiger partial charge on any atom is -0.490 e. The predicted octanol–water partition coefficient (Wildman–Crippen LogP) is 3.35. The van der Waals surface area contributed by atoms with Crippen LogP contribution >= 0.6 is 11.6 Å². The average molecular weight is 476 g/mol. The highest BCUT2D eigenvalue weighted by Crippen LogP contribution is 2.28. The van der Waals surface area contributed by atoms with Crippen molar-refractivity contribution in [2.75, 3.05) is 39.3 Å². The number of rotatable bonds is 7. The quantitative estimate of drug-likeness (QED) is 0.606. The number of amides is 3. The number of hydrogen-bond acceptors (Lipinski definition) is 4. The van der Waals surface area contributed by atoms with Gasteiger partial charge in [0.25, 0.3) is 0 Å². The van der Waals surface area contributed by atoms with Gasteiger partial charge in [-0.15, -0.1) is 0 Å². The smallest absolute Gasteiger partial charge is 0.224 e. The van der Waals surface area contributed by atoms with Crippen molar-refractivity contribution >= 4 is 29.3 Å². The Kier molecular flexibility index (Phi) is 8.12. The van der Waals surface area contributed by atoms with Crippen LogP contribution in [0.3, 0.4) is 0 Å². The van der Waals surface area contributed by atoms with Crippen LogP contribution in [0.4, 0.5) is 0 Å². The van der Waals surface area contributed by atoms with Gasteiger partial charge < -0.3 is 19.4 Å². The highest BCUT2D eigenvalue weighted by atomic mass is 35.5. The number of ether oxygens (including phenoxy) is 1. The number of hydrogen-bond donors (Lipinski definition) is 0. The molecule has 7 nitrogen and oxygen atoms in total. The lowest BCUT2D eigenvalue weighted by Gasteiger charge is -2.39. The molecule has 0 radical (unpaired) electrons. The molecule has 3 aliphatic rings. The van der Waals surface area contributed by atoms with Crippen LogP contribution in [0.15, 0.2) is 24.3 Å². The molecule has 0 aromatic heterocycles. The second-order valence-electron chi connectivity index (χ2n) is 9.38. The highest BCUT2D eigenvalue weighted by Gasteiger charge is 2.35. The molecule has 2 atom stereocenters. The lowest BCUT2D eigenvalue weighted by atomic mass is 9.90. The molecule has 1 aromatic rings. The van der Waals surface area contributed by atoms with Crippen molar-refractivity contribution in [1.82, 2.24) is 14.7 Å². The minimum absolute atomic E-state index is 0.0475. The topological polar surface area (TPSA) is 70.2 Å². The number of carbonyl (C=O) groups excluding carboxylic acids is 3. The van der Waals surface area contributed by atoms with E-state index in [2.05, 4.69) is 0 Å². The molecule has 180 valence electrons. The molecular formula is C25H34ClN3O4. The van der Waals surface area contributed by atoms with Gasteiger partial charge in [0.05, 0.1) is 0 Å². The van der Waals surface area contributed by atoms with Crippen LogP contribution in [0.2, 0.25) is 5.02 Å². The summed E-state index contributed by atoms with van der Waals surface area (Å²) in [5, 5.41) is 0.609. The van der Waals surface area contributed by atoms with Crippen LogP contribution < -0.4 is 4.74 Å². The van der Waals surface area contributed by atoms with Crippen molar-refractivity contribution in [2.45, 2.75) is 57.5 Å². The van der Waals surface area contributed by atoms with Gasteiger partial charge in [0.2, 0.25) is 17.7 Å². The predicted molar refractivity (Wildman–Crippen MR) is 126 cm³/mol. The van der Waals surface area contributed by atoms with Crippen molar-refractivity contribution in [3.63, 3.8) is 0 Å². The Morgan fingerprint density at radius 2 is 1.82 bits per heavy atom. The minimum atomic E-state index is -0.151. The summed E-state index contributed by atoms with van der Waals surface area (Å²) in [6.45, 7) is 3.95. The Hall–Kier alpha value is -2.28. The van der Waals surface area contributed by atoms with E-state index in [-0.39, 0.29) is 29.7 Å². The van der Waals surface area contributed by atoms with Crippen LogP contribution in [0.5, 0.6) is 5.75 Å². The standard InChI is InChI=1S/C25H34ClN3O4/c26-20-6-4-7-21(17-20)33-22-9-14-29(24(31)10-15-28-13-5-8-23(28)30)18-19(22)16-25(32)27-11-2-1-3-12-27/h4,6-7,17,19,22H,1-3,5,8-16,18H2/t19-,22-/m0/s1. The monoisotopic (exact) mass is 475 g/mol. The normalized spacial score (nSPS) is 23.7. The zero-order valence-corrected chi connectivity index (χ0v) is 20.0. The maximum absolute atomic E-state index is 13.0. The summed E-state index contributed by atoms with van der Waals surface area (Å²) in [4.78, 5) is 43.4. The summed E-state index contributed by atoms with van der Waals surface area (Å²) >= 11 is 6.13. The zero-order chi connectivity index (χ0) is 23.2. The maximum Gasteiger partial charge on any atom is 0.224 e. The summed E-state index contributed by atoms with van der Waals surface area (Å²) < 4.78 is 6.27. The summed E-state index contributed by atoms with van der Waals surface area (Å²) in [5.74, 6) is 0.948. The first-order valence-corrected chi connectivity index (χ1v) is 12.6. The van der Waals surface area contributed by atoms with Gasteiger partial charge in [-0.3, -0.25) is 14.4 Å². The van der Waals surface area contributed by atoms with Crippen LogP contribution in [0.1, 0.15) is 51.4 Å². The van der Waals surface area contributed by atoms with E-state index in [1.165, 1.54) is 6.42 Å². The Bertz CT molecular complexity index is 858. The molecule has 8 heteroatoms. The van der Waals surface area contributed by atoms with E-state index in [0.29, 0.717) is 56.1 Å². The van der Waals surface area contributed by atoms with Crippen molar-refractivity contribution in [1.29, 1.82) is 0 Å². The van der Waals surface area contributed by atoms with Crippen molar-refractivity contribution < 1.29 is 19.1 Å². The molecule has 0 N–H and O–H groups in total. The van der Waals surface area contributed by atoms with Crippen LogP contribution in [0.25, 0.3) is 0 Å². The number of benzene rings is 1. The van der Waals surface area contributed by atoms with Gasteiger partial charge in [-0.05, 0) is 43.9 Å². The molecule has 3 fully saturated rings. The summed E-state index contributed by atoms with van der Waals surface area (Å²) in [7, 11) is 0. The lowest BCUT2D eigenvalue weighted by Crippen LogP contribution is -2.50. The Morgan fingerprint density at radius 3 is 2.55 bits per heavy atom. The fourth-order valence-corrected chi connectivity index (χ4v) is 5.31. The number of likely N-dealkylation sites (tertiary alicyclic amines) is 3. The molecule has 3 saturated heterocycles. The van der Waals surface area contributed by atoms with E-state index in [0.717, 1.165) is 38.9 Å². The third kappa shape index (κ3) is 6.40. The van der Waals surface area contributed by atoms with Gasteiger partial charge in [-0.1, -0.05) is 17.7 Å². The highest BCUT2D eigenvalue weighted by molar-refractivity contribution is 6.30. The third-order valence-corrected chi connectivity index (χ3v) is 7.25. The first-order chi connectivity index (χ1) is 16.0. The summed E-state index contributed by atoms with van der Waals surface area (Å²) in [6.07, 6.45) is 5.96. The number of carbonyl (C=O) groups is 3. The molecule has 4 rings (SSSR count). The third-order valence-electron chi connectivity index (χ3n) is 7.01. The lowest BCUT2D eigenvalue weighted by molar-refractivity contribution is -0.140. The van der Waals surface area contributed by atoms with E-state index in [4.69, 9.17) is 16.3 Å². The van der Waals surface area contributed by atoms with E-state index >= 15 is 0 Å². The number of halogens is 1. The summed E-state index contributed by atoms with van der Waals surface area (Å²) in [6, 6.07) is 7.32. The fourth-order valence-electron chi connectivity index (χ4n) is 5.13. The first kappa shape index (κ1) is 23.9. The fraction of sp³-hybridized carbons (Fsp3) is 0.640. The molecule has 0 unspecified atom stereocenters. The second kappa shape index (κ2) is 11.2. The van der Waals surface area contributed by atoms with Crippen molar-refractivity contribution in [2.24, 2.45) is 5.92 Å². The van der Waals surface area contributed by atoms with Crippen LogP contribution in [0, 0.1) is 5.92 Å². The summed E-state index contributed by atoms with van der Waals surface area (Å²) in [5.41, 5.74) is 0. The number of nitrogens with zero attached hydrogens (tertiary/aromatic N) is 3. The van der Waals surface area contributed by atoms with Crippen LogP contribution in [-0.4, -0.2) is 77.8 Å². The van der Waals surface area contributed by atoms with Crippen molar-refractivity contribution in [3.8, 4) is 5.75 Å². The Balaban J connectivity index is 1.39. The Labute approximate surface area is 201 Å². The Morgan fingerprint density at radius 1 is 1.00 bits per heavy atom. The molecule has 1 aromatic carbocycles. The van der Waals surface area contributed by atoms with Gasteiger partial charge in [0, 0.05) is 75.9 Å². The van der Waals surface area contributed by atoms with E-state index in [9.17, 15) is 14.4 Å². The molecular weight excluding hydrogens is 442 g/mol. The van der Waals surface area contributed by atoms with Gasteiger partial charge in [0.15, 0.2) is 0 Å². The first-order valence-electron chi connectivity index (χ1n) is 12.2. The van der Waals surface area contributed by atoms with Gasteiger partial charge in [-0.2, -0.15) is 0 Å². The van der Waals surface area contributed by atoms with Gasteiger partial charge >= 0.3 is 0 Å². The zero-order valence-electron chi connectivity index (χ0n) is 19.2. The van der Waals surface area contributed by atoms with E-state index < -0.39 is 0 Å². The largest absolute Gasteiger partial charge is 0.490 e. The van der Waals surface area contributed by atoms with Gasteiger partial charge in [0.1, 0.15) is 11.9 Å². The SMILES string of the molecule is O=C1CCCN1CCC(=O)N1CC[C@H](Oc2cccc(Cl)c2)[C@@H](CC(=O)N2CCCCC2)C1. The molecule has 3 aliphatic heterocycles. The van der Waals surface area contributed by atoms with Gasteiger partial charge in [-0.25, -0.2) is 0 Å². The average Bonchev–Trinajstić information content (AvgIpc) is 3.23. The molecule has 0 saturated carbocycles. The molecule has 0 spiro atoms. The number of piperidine rings is 2. The van der Waals surface area contributed by atoms with Crippen molar-refractivity contribution in [3.05, 3.63) is 29.3 Å². The van der Waals surface area contributed by atoms with Crippen LogP contribution in [-0.2, 0) is 14.4 Å².